The summed E-state index contributed by atoms with van der Waals surface area (Å²) >= 11 is 0. The van der Waals surface area contributed by atoms with Crippen LogP contribution in [0.2, 0.25) is 0 Å². The van der Waals surface area contributed by atoms with Crippen LogP contribution in [0.15, 0.2) is 309 Å². The van der Waals surface area contributed by atoms with E-state index in [-0.39, 0.29) is 103 Å². The van der Waals surface area contributed by atoms with Crippen LogP contribution in [0.3, 0.4) is 0 Å². The summed E-state index contributed by atoms with van der Waals surface area (Å²) in [5, 5.41) is 85.4. The van der Waals surface area contributed by atoms with E-state index in [0.29, 0.717) is 45.1 Å². The number of para-hydroxylation sites is 6. The van der Waals surface area contributed by atoms with Crippen LogP contribution >= 0.6 is 0 Å². The van der Waals surface area contributed by atoms with E-state index in [1.807, 2.05) is 85.8 Å². The molecule has 0 bridgehead atoms. The normalized spacial score (nSPS) is 10.6. The summed E-state index contributed by atoms with van der Waals surface area (Å²) in [5.41, 5.74) is 7.62. The maximum absolute atomic E-state index is 12.0. The van der Waals surface area contributed by atoms with Gasteiger partial charge in [0, 0.05) is 0 Å². The number of aryl methyl sites for hydroxylation is 1. The predicted molar refractivity (Wildman–Crippen MR) is 450 cm³/mol. The highest BCUT2D eigenvalue weighted by molar-refractivity contribution is 6.12. The summed E-state index contributed by atoms with van der Waals surface area (Å²) in [6.45, 7) is 2.01. The van der Waals surface area contributed by atoms with E-state index in [9.17, 15) is 69.6 Å². The number of ketones is 6. The lowest BCUT2D eigenvalue weighted by atomic mass is 10.1. The van der Waals surface area contributed by atoms with Crippen molar-refractivity contribution in [1.82, 2.24) is 0 Å². The summed E-state index contributed by atoms with van der Waals surface area (Å²) in [7, 11) is 7.77. The second-order valence-corrected chi connectivity index (χ2v) is 24.5. The quantitative estimate of drug-likeness (QED) is 0.0163. The molecule has 0 aliphatic rings. The molecule has 0 radical (unpaired) electrons. The number of phenols is 9. The molecule has 0 atom stereocenters. The molecule has 116 heavy (non-hydrogen) atoms. The summed E-state index contributed by atoms with van der Waals surface area (Å²) in [4.78, 5) is 71.4. The molecule has 0 fully saturated rings. The molecule has 20 heteroatoms. The molecule has 0 amide bonds. The molecule has 0 saturated carbocycles. The average Bonchev–Trinajstić information content (AvgIpc) is 0.868. The summed E-state index contributed by atoms with van der Waals surface area (Å²) in [5.74, 6) is 0.895. The zero-order valence-electron chi connectivity index (χ0n) is 63.9. The second kappa shape index (κ2) is 45.4. The Labute approximate surface area is 670 Å². The lowest BCUT2D eigenvalue weighted by Crippen LogP contribution is -1.94. The fraction of sp³-hybridized carbons (Fsp3) is 0.0625. The third-order valence-corrected chi connectivity index (χ3v) is 16.5. The topological polar surface area (TPSA) is 331 Å². The number of hydrogen-bond donors (Lipinski definition) is 9. The summed E-state index contributed by atoms with van der Waals surface area (Å²) < 4.78 is 25.5. The van der Waals surface area contributed by atoms with Gasteiger partial charge in [-0.25, -0.2) is 0 Å². The molecule has 0 saturated heterocycles. The number of carbonyl (C=O) groups is 6. The van der Waals surface area contributed by atoms with Gasteiger partial charge in [0.2, 0.25) is 0 Å². The Bertz CT molecular complexity index is 5530. The van der Waals surface area contributed by atoms with E-state index in [4.69, 9.17) is 28.8 Å². The van der Waals surface area contributed by atoms with Crippen molar-refractivity contribution in [3.63, 3.8) is 0 Å². The number of allylic oxidation sites excluding steroid dienone is 6. The molecule has 0 unspecified atom stereocenters. The van der Waals surface area contributed by atoms with E-state index >= 15 is 0 Å². The number of hydrogen-bond acceptors (Lipinski definition) is 20. The Morgan fingerprint density at radius 2 is 0.491 bits per heavy atom. The standard InChI is InChI=1S/C17H16O4.C16H14O4.2C16H14O3.C16H14O2.C15H12O4/c1-20-16-10-8-12(11-17(16)21-2)7-9-15(19)13-5-3-4-6-14(13)18;1-20-16-10-11(7-9-15(16)19)6-8-14(18)12-4-2-3-5-13(12)17;1-19-13-6-4-5-12(11-13)9-10-16(18)14-7-2-3-8-15(14)17;1-19-13-9-6-12(7-10-13)8-11-16(18)14-4-2-3-5-15(14)17;1-12-6-8-13(9-7-12)10-11-16(18)14-4-2-3-5-15(14)17;16-12-4-2-1-3-11(12)13(17)7-5-10-6-8-14(18)15(19)9-10/h3-11,18H,1-2H3;2-10,17,19H,1H3;2*2-11,17H,1H3;2-11,17H,1H3;1-9,16,18-19H/b9-7+;8-6+;10-9+;11-8+;11-10+;7-5+. The Kier molecular flexibility index (Phi) is 34.3. The molecule has 9 N–H and O–H groups in total. The first-order chi connectivity index (χ1) is 55.9. The smallest absolute Gasteiger partial charge is 0.189 e. The molecular weight excluding hydrogens is 1470 g/mol. The van der Waals surface area contributed by atoms with Crippen molar-refractivity contribution in [2.75, 3.05) is 35.5 Å². The Morgan fingerprint density at radius 1 is 0.216 bits per heavy atom. The van der Waals surface area contributed by atoms with Gasteiger partial charge in [0.1, 0.15) is 46.0 Å². The van der Waals surface area contributed by atoms with E-state index in [0.717, 1.165) is 33.8 Å². The van der Waals surface area contributed by atoms with Gasteiger partial charge in [-0.3, -0.25) is 28.8 Å². The highest BCUT2D eigenvalue weighted by Crippen LogP contribution is 2.31. The molecule has 0 spiro atoms. The molecule has 0 heterocycles. The van der Waals surface area contributed by atoms with E-state index in [2.05, 4.69) is 0 Å². The van der Waals surface area contributed by atoms with Gasteiger partial charge in [0.15, 0.2) is 69.2 Å². The minimum Gasteiger partial charge on any atom is -0.507 e. The number of carbonyl (C=O) groups excluding carboxylic acids is 6. The van der Waals surface area contributed by atoms with Crippen LogP contribution in [-0.2, 0) is 0 Å². The minimum atomic E-state index is -0.342. The van der Waals surface area contributed by atoms with Crippen LogP contribution in [0.4, 0.5) is 0 Å². The van der Waals surface area contributed by atoms with Crippen LogP contribution in [0.5, 0.6) is 80.5 Å². The highest BCUT2D eigenvalue weighted by atomic mass is 16.5. The van der Waals surface area contributed by atoms with Crippen molar-refractivity contribution in [2.45, 2.75) is 6.92 Å². The lowest BCUT2D eigenvalue weighted by molar-refractivity contribution is 0.103. The van der Waals surface area contributed by atoms with Gasteiger partial charge in [0.25, 0.3) is 0 Å². The number of phenolic OH excluding ortho intramolecular Hbond substituents is 9. The second-order valence-electron chi connectivity index (χ2n) is 24.5. The zero-order valence-corrected chi connectivity index (χ0v) is 63.9. The molecular formula is C96H84O20. The van der Waals surface area contributed by atoms with Crippen molar-refractivity contribution < 1.29 is 98.4 Å². The minimum absolute atomic E-state index is 0.00752. The largest absolute Gasteiger partial charge is 0.507 e. The monoisotopic (exact) mass is 1560 g/mol. The molecule has 12 aromatic rings. The highest BCUT2D eigenvalue weighted by Gasteiger charge is 2.13. The van der Waals surface area contributed by atoms with Crippen molar-refractivity contribution >= 4 is 71.2 Å². The maximum Gasteiger partial charge on any atom is 0.189 e. The molecule has 0 aromatic heterocycles. The Hall–Kier alpha value is -15.7. The van der Waals surface area contributed by atoms with Crippen LogP contribution < -0.4 is 23.7 Å². The van der Waals surface area contributed by atoms with Crippen LogP contribution in [0.1, 0.15) is 101 Å². The van der Waals surface area contributed by atoms with Gasteiger partial charge in [-0.05, 0) is 210 Å². The average molecular weight is 1560 g/mol. The first kappa shape index (κ1) is 87.5. The molecule has 20 nitrogen and oxygen atoms in total. The molecule has 12 aromatic carbocycles. The molecule has 0 aliphatic carbocycles. The van der Waals surface area contributed by atoms with E-state index in [1.54, 1.807) is 192 Å². The first-order valence-corrected chi connectivity index (χ1v) is 35.4. The number of methoxy groups -OCH3 is 5. The summed E-state index contributed by atoms with van der Waals surface area (Å²) in [6, 6.07) is 75.5. The fourth-order valence-corrected chi connectivity index (χ4v) is 10.2. The number of ether oxygens (including phenoxy) is 5. The van der Waals surface area contributed by atoms with E-state index < -0.39 is 0 Å². The number of aromatic hydroxyl groups is 9. The molecule has 0 aliphatic heterocycles. The third kappa shape index (κ3) is 27.7. The third-order valence-electron chi connectivity index (χ3n) is 16.5. The predicted octanol–water partition coefficient (Wildman–Crippen LogP) is 19.2. The molecule has 12 rings (SSSR count). The number of benzene rings is 12. The van der Waals surface area contributed by atoms with Crippen molar-refractivity contribution in [2.24, 2.45) is 0 Å². The van der Waals surface area contributed by atoms with Gasteiger partial charge >= 0.3 is 0 Å². The van der Waals surface area contributed by atoms with Crippen molar-refractivity contribution in [3.8, 4) is 80.5 Å². The van der Waals surface area contributed by atoms with Crippen LogP contribution in [0.25, 0.3) is 36.5 Å². The Morgan fingerprint density at radius 3 is 0.810 bits per heavy atom. The Balaban J connectivity index is 0.000000193. The maximum atomic E-state index is 12.0. The van der Waals surface area contributed by atoms with Crippen molar-refractivity contribution in [1.29, 1.82) is 0 Å². The van der Waals surface area contributed by atoms with Crippen molar-refractivity contribution in [3.05, 3.63) is 382 Å². The van der Waals surface area contributed by atoms with Gasteiger partial charge < -0.3 is 69.6 Å². The zero-order chi connectivity index (χ0) is 83.9. The van der Waals surface area contributed by atoms with Crippen LogP contribution in [0, 0.1) is 6.92 Å². The first-order valence-electron chi connectivity index (χ1n) is 35.4. The van der Waals surface area contributed by atoms with Gasteiger partial charge in [-0.1, -0.05) is 182 Å². The lowest BCUT2D eigenvalue weighted by Gasteiger charge is -2.07. The van der Waals surface area contributed by atoms with Gasteiger partial charge in [0.05, 0.1) is 68.9 Å². The SMILES string of the molecule is COc1cc(/C=C/C(=O)c2ccccc2O)ccc1O.COc1ccc(/C=C/C(=O)c2ccccc2O)cc1.COc1ccc(/C=C/C(=O)c2ccccc2O)cc1OC.COc1cccc(/C=C/C(=O)c2ccccc2O)c1.Cc1ccc(/C=C/C(=O)c2ccccc2O)cc1.O=C(/C=C/c1ccc(O)c(O)c1)c1ccccc1O. The van der Waals surface area contributed by atoms with E-state index in [1.165, 1.54) is 116 Å². The van der Waals surface area contributed by atoms with Gasteiger partial charge in [-0.15, -0.1) is 0 Å². The summed E-state index contributed by atoms with van der Waals surface area (Å²) in [6.07, 6.45) is 18.3. The number of rotatable bonds is 23. The fourth-order valence-electron chi connectivity index (χ4n) is 10.2. The molecule has 588 valence electrons. The van der Waals surface area contributed by atoms with Crippen LogP contribution in [-0.4, -0.2) is 116 Å². The van der Waals surface area contributed by atoms with Gasteiger partial charge in [-0.2, -0.15) is 0 Å².